The van der Waals surface area contributed by atoms with Crippen molar-refractivity contribution in [1.82, 2.24) is 24.1 Å². The van der Waals surface area contributed by atoms with E-state index in [0.29, 0.717) is 49.7 Å². The molecule has 2 aromatic carbocycles. The highest BCUT2D eigenvalue weighted by atomic mass is 35.5. The smallest absolute Gasteiger partial charge is 0.354 e. The second-order valence-corrected chi connectivity index (χ2v) is 11.3. The lowest BCUT2D eigenvalue weighted by atomic mass is 10.1. The summed E-state index contributed by atoms with van der Waals surface area (Å²) in [5.41, 5.74) is 2.00. The molecular formula is C27H31ClF3N5O2S. The highest BCUT2D eigenvalue weighted by Gasteiger charge is 2.34. The minimum atomic E-state index is -4.37. The van der Waals surface area contributed by atoms with Crippen LogP contribution < -0.4 is 5.32 Å². The molecule has 4 rings (SSSR count). The van der Waals surface area contributed by atoms with Gasteiger partial charge in [-0.2, -0.15) is 13.2 Å². The SMILES string of the molecule is CS(=O)N1CCN(CCc2cccc(Cl)c2)CC1C(=O)NCCc1cncn1Cc1ccc(C(F)(F)F)cc1. The van der Waals surface area contributed by atoms with Gasteiger partial charge in [0.05, 0.1) is 22.9 Å². The third kappa shape index (κ3) is 8.14. The number of nitrogens with zero attached hydrogens (tertiary/aromatic N) is 4. The number of nitrogens with one attached hydrogen (secondary N) is 1. The molecule has 0 aliphatic carbocycles. The van der Waals surface area contributed by atoms with Crippen LogP contribution in [0.1, 0.15) is 22.4 Å². The van der Waals surface area contributed by atoms with Gasteiger partial charge in [0.25, 0.3) is 0 Å². The first-order valence-corrected chi connectivity index (χ1v) is 14.5. The summed E-state index contributed by atoms with van der Waals surface area (Å²) < 4.78 is 54.4. The van der Waals surface area contributed by atoms with Crippen LogP contribution >= 0.6 is 11.6 Å². The van der Waals surface area contributed by atoms with Crippen LogP contribution in [0.2, 0.25) is 5.02 Å². The van der Waals surface area contributed by atoms with Gasteiger partial charge in [-0.1, -0.05) is 35.9 Å². The molecule has 3 aromatic rings. The first-order chi connectivity index (χ1) is 18.6. The second-order valence-electron chi connectivity index (χ2n) is 9.51. The maximum Gasteiger partial charge on any atom is 0.416 e. The molecule has 2 atom stereocenters. The maximum atomic E-state index is 13.1. The molecule has 0 saturated carbocycles. The number of hydrogen-bond donors (Lipinski definition) is 1. The Bertz CT molecular complexity index is 1280. The van der Waals surface area contributed by atoms with E-state index in [4.69, 9.17) is 11.6 Å². The maximum absolute atomic E-state index is 13.1. The molecule has 1 aromatic heterocycles. The Morgan fingerprint density at radius 1 is 1.13 bits per heavy atom. The molecular weight excluding hydrogens is 551 g/mol. The van der Waals surface area contributed by atoms with Crippen LogP contribution in [0, 0.1) is 0 Å². The van der Waals surface area contributed by atoms with Crippen molar-refractivity contribution in [3.63, 3.8) is 0 Å². The Morgan fingerprint density at radius 3 is 2.59 bits per heavy atom. The zero-order valence-corrected chi connectivity index (χ0v) is 23.1. The number of hydrogen-bond acceptors (Lipinski definition) is 4. The minimum absolute atomic E-state index is 0.188. The summed E-state index contributed by atoms with van der Waals surface area (Å²) in [5, 5.41) is 3.66. The molecule has 0 radical (unpaired) electrons. The van der Waals surface area contributed by atoms with Crippen molar-refractivity contribution in [1.29, 1.82) is 0 Å². The number of imidazole rings is 1. The van der Waals surface area contributed by atoms with Gasteiger partial charge in [0.2, 0.25) is 5.91 Å². The molecule has 1 aliphatic heterocycles. The Hall–Kier alpha value is -2.73. The van der Waals surface area contributed by atoms with Crippen molar-refractivity contribution in [2.24, 2.45) is 0 Å². The average molecular weight is 582 g/mol. The lowest BCUT2D eigenvalue weighted by molar-refractivity contribution is -0.137. The van der Waals surface area contributed by atoms with E-state index in [1.807, 2.05) is 28.8 Å². The minimum Gasteiger partial charge on any atom is -0.354 e. The Labute approximate surface area is 233 Å². The molecule has 1 N–H and O–H groups in total. The molecule has 210 valence electrons. The highest BCUT2D eigenvalue weighted by Crippen LogP contribution is 2.29. The van der Waals surface area contributed by atoms with Gasteiger partial charge in [-0.15, -0.1) is 0 Å². The second kappa shape index (κ2) is 13.1. The molecule has 0 spiro atoms. The molecule has 1 saturated heterocycles. The predicted molar refractivity (Wildman–Crippen MR) is 146 cm³/mol. The standard InChI is InChI=1S/C27H31ClF3N5O2S/c1-39(38)36-14-13-34(12-10-20-3-2-4-23(28)15-20)18-25(36)26(37)33-11-9-24-16-32-19-35(24)17-21-5-7-22(8-6-21)27(29,30)31/h2-8,15-16,19,25H,9-14,17-18H2,1H3,(H,33,37). The van der Waals surface area contributed by atoms with Gasteiger partial charge in [0.1, 0.15) is 6.04 Å². The summed E-state index contributed by atoms with van der Waals surface area (Å²) in [5.74, 6) is -0.188. The van der Waals surface area contributed by atoms with E-state index in [2.05, 4.69) is 15.2 Å². The third-order valence-electron chi connectivity index (χ3n) is 6.77. The van der Waals surface area contributed by atoms with Crippen LogP contribution in [0.4, 0.5) is 13.2 Å². The van der Waals surface area contributed by atoms with E-state index in [-0.39, 0.29) is 5.91 Å². The van der Waals surface area contributed by atoms with Gasteiger partial charge in [0.15, 0.2) is 0 Å². The van der Waals surface area contributed by atoms with Gasteiger partial charge in [-0.25, -0.2) is 13.5 Å². The van der Waals surface area contributed by atoms with Crippen LogP contribution in [0.3, 0.4) is 0 Å². The normalized spacial score (nSPS) is 17.7. The van der Waals surface area contributed by atoms with Gasteiger partial charge in [-0.05, 0) is 41.8 Å². The van der Waals surface area contributed by atoms with Crippen LogP contribution in [0.5, 0.6) is 0 Å². The first-order valence-electron chi connectivity index (χ1n) is 12.6. The van der Waals surface area contributed by atoms with Crippen molar-refractivity contribution in [2.45, 2.75) is 31.6 Å². The van der Waals surface area contributed by atoms with Gasteiger partial charge < -0.3 is 9.88 Å². The number of aromatic nitrogens is 2. The molecule has 0 bridgehead atoms. The fraction of sp³-hybridized carbons (Fsp3) is 0.407. The Balaban J connectivity index is 1.31. The van der Waals surface area contributed by atoms with E-state index < -0.39 is 28.8 Å². The Morgan fingerprint density at radius 2 is 1.90 bits per heavy atom. The number of benzene rings is 2. The van der Waals surface area contributed by atoms with Crippen LogP contribution in [0.25, 0.3) is 0 Å². The molecule has 1 amide bonds. The van der Waals surface area contributed by atoms with E-state index in [1.165, 1.54) is 12.1 Å². The molecule has 39 heavy (non-hydrogen) atoms. The highest BCUT2D eigenvalue weighted by molar-refractivity contribution is 7.81. The zero-order chi connectivity index (χ0) is 28.0. The Kier molecular flexibility index (Phi) is 9.81. The van der Waals surface area contributed by atoms with Crippen molar-refractivity contribution in [2.75, 3.05) is 39.0 Å². The predicted octanol–water partition coefficient (Wildman–Crippen LogP) is 3.78. The van der Waals surface area contributed by atoms with Crippen molar-refractivity contribution >= 4 is 28.5 Å². The molecule has 7 nitrogen and oxygen atoms in total. The van der Waals surface area contributed by atoms with E-state index in [1.54, 1.807) is 23.1 Å². The molecule has 12 heteroatoms. The number of rotatable bonds is 10. The number of amides is 1. The molecule has 1 aliphatic rings. The third-order valence-corrected chi connectivity index (χ3v) is 8.10. The number of alkyl halides is 3. The largest absolute Gasteiger partial charge is 0.416 e. The lowest BCUT2D eigenvalue weighted by Crippen LogP contribution is -2.59. The topological polar surface area (TPSA) is 70.5 Å². The molecule has 2 unspecified atom stereocenters. The number of carbonyl (C=O) groups excluding carboxylic acids is 1. The fourth-order valence-corrected chi connectivity index (χ4v) is 5.73. The molecule has 1 fully saturated rings. The van der Waals surface area contributed by atoms with Gasteiger partial charge in [0, 0.05) is 68.9 Å². The van der Waals surface area contributed by atoms with Gasteiger partial charge >= 0.3 is 6.18 Å². The van der Waals surface area contributed by atoms with Crippen molar-refractivity contribution in [3.05, 3.63) is 88.5 Å². The summed E-state index contributed by atoms with van der Waals surface area (Å²) in [4.78, 5) is 19.5. The summed E-state index contributed by atoms with van der Waals surface area (Å²) in [6.07, 6.45) is 1.81. The van der Waals surface area contributed by atoms with E-state index >= 15 is 0 Å². The monoisotopic (exact) mass is 581 g/mol. The van der Waals surface area contributed by atoms with Crippen molar-refractivity contribution < 1.29 is 22.2 Å². The lowest BCUT2D eigenvalue weighted by Gasteiger charge is -2.39. The van der Waals surface area contributed by atoms with Crippen LogP contribution in [0.15, 0.2) is 61.1 Å². The van der Waals surface area contributed by atoms with E-state index in [0.717, 1.165) is 36.4 Å². The fourth-order valence-electron chi connectivity index (χ4n) is 4.65. The summed E-state index contributed by atoms with van der Waals surface area (Å²) in [6, 6.07) is 12.2. The van der Waals surface area contributed by atoms with Crippen LogP contribution in [-0.2, 0) is 41.3 Å². The first kappa shape index (κ1) is 29.3. The number of carbonyl (C=O) groups is 1. The van der Waals surface area contributed by atoms with Gasteiger partial charge in [-0.3, -0.25) is 9.69 Å². The van der Waals surface area contributed by atoms with Crippen molar-refractivity contribution in [3.8, 4) is 0 Å². The number of halogens is 4. The summed E-state index contributed by atoms with van der Waals surface area (Å²) in [6.45, 7) is 3.19. The quantitative estimate of drug-likeness (QED) is 0.396. The summed E-state index contributed by atoms with van der Waals surface area (Å²) in [7, 11) is -1.29. The number of piperazine rings is 1. The average Bonchev–Trinajstić information content (AvgIpc) is 3.33. The zero-order valence-electron chi connectivity index (χ0n) is 21.5. The molecule has 2 heterocycles. The van der Waals surface area contributed by atoms with E-state index in [9.17, 15) is 22.2 Å². The van der Waals surface area contributed by atoms with Crippen LogP contribution in [-0.4, -0.2) is 73.9 Å². The summed E-state index contributed by atoms with van der Waals surface area (Å²) >= 11 is 6.09.